The van der Waals surface area contributed by atoms with Crippen molar-refractivity contribution in [1.29, 1.82) is 0 Å². The quantitative estimate of drug-likeness (QED) is 0.751. The highest BCUT2D eigenvalue weighted by Crippen LogP contribution is 2.51. The van der Waals surface area contributed by atoms with Gasteiger partial charge in [0, 0.05) is 31.5 Å². The normalized spacial score (nSPS) is 29.2. The minimum atomic E-state index is -3.20. The highest BCUT2D eigenvalue weighted by Gasteiger charge is 2.56. The van der Waals surface area contributed by atoms with Gasteiger partial charge in [-0.1, -0.05) is 0 Å². The van der Waals surface area contributed by atoms with Crippen molar-refractivity contribution in [3.05, 3.63) is 0 Å². The summed E-state index contributed by atoms with van der Waals surface area (Å²) in [5.74, 6) is 0. The molecule has 0 unspecified atom stereocenters. The summed E-state index contributed by atoms with van der Waals surface area (Å²) in [6.45, 7) is 5.31. The molecule has 0 radical (unpaired) electrons. The van der Waals surface area contributed by atoms with Crippen molar-refractivity contribution in [2.24, 2.45) is 11.1 Å². The fraction of sp³-hybridized carbons (Fsp3) is 1.00. The lowest BCUT2D eigenvalue weighted by Crippen LogP contribution is -2.63. The number of hydrogen-bond donors (Lipinski definition) is 2. The zero-order chi connectivity index (χ0) is 15.0. The standard InChI is InChI=1S/C13H26N2O4S.ClH/c1-10(2)20(17,18)15-6-3-13(4-7-15)11(16)9-12(13)19-8-5-14;/h10-12,16H,3-9,14H2,1-2H3;1H/t11-,12+;/m1./s1. The number of nitrogens with zero attached hydrogens (tertiary/aromatic N) is 1. The first-order valence-electron chi connectivity index (χ1n) is 7.33. The van der Waals surface area contributed by atoms with Crippen LogP contribution in [0.25, 0.3) is 0 Å². The Morgan fingerprint density at radius 2 is 1.95 bits per heavy atom. The van der Waals surface area contributed by atoms with Crippen LogP contribution in [-0.4, -0.2) is 61.5 Å². The van der Waals surface area contributed by atoms with Crippen LogP contribution in [0.1, 0.15) is 33.1 Å². The lowest BCUT2D eigenvalue weighted by atomic mass is 9.58. The maximum atomic E-state index is 12.2. The van der Waals surface area contributed by atoms with Crippen LogP contribution in [-0.2, 0) is 14.8 Å². The molecule has 6 nitrogen and oxygen atoms in total. The van der Waals surface area contributed by atoms with Gasteiger partial charge < -0.3 is 15.6 Å². The molecular formula is C13H27ClN2O4S. The molecule has 0 aromatic carbocycles. The summed E-state index contributed by atoms with van der Waals surface area (Å²) in [6, 6.07) is 0. The Balaban J connectivity index is 0.00000220. The van der Waals surface area contributed by atoms with Crippen LogP contribution >= 0.6 is 12.4 Å². The number of hydrogen-bond acceptors (Lipinski definition) is 5. The average molecular weight is 343 g/mol. The van der Waals surface area contributed by atoms with Crippen molar-refractivity contribution in [2.45, 2.75) is 50.6 Å². The second-order valence-electron chi connectivity index (χ2n) is 6.13. The molecule has 1 aliphatic carbocycles. The molecule has 21 heavy (non-hydrogen) atoms. The number of sulfonamides is 1. The highest BCUT2D eigenvalue weighted by atomic mass is 35.5. The van der Waals surface area contributed by atoms with E-state index in [0.717, 1.165) is 0 Å². The second-order valence-corrected chi connectivity index (χ2v) is 8.61. The largest absolute Gasteiger partial charge is 0.392 e. The molecule has 2 rings (SSSR count). The van der Waals surface area contributed by atoms with E-state index in [0.29, 0.717) is 45.5 Å². The predicted molar refractivity (Wildman–Crippen MR) is 84.0 cm³/mol. The van der Waals surface area contributed by atoms with Gasteiger partial charge in [-0.25, -0.2) is 12.7 Å². The Kier molecular flexibility index (Phi) is 6.47. The number of ether oxygens (including phenoxy) is 1. The molecular weight excluding hydrogens is 316 g/mol. The molecule has 1 saturated carbocycles. The molecule has 0 bridgehead atoms. The Morgan fingerprint density at radius 1 is 1.38 bits per heavy atom. The van der Waals surface area contributed by atoms with Gasteiger partial charge in [-0.2, -0.15) is 0 Å². The zero-order valence-electron chi connectivity index (χ0n) is 12.7. The van der Waals surface area contributed by atoms with Crippen LogP contribution in [0, 0.1) is 5.41 Å². The summed E-state index contributed by atoms with van der Waals surface area (Å²) in [5.41, 5.74) is 5.18. The van der Waals surface area contributed by atoms with E-state index in [9.17, 15) is 13.5 Å². The maximum absolute atomic E-state index is 12.2. The van der Waals surface area contributed by atoms with Gasteiger partial charge in [-0.3, -0.25) is 0 Å². The van der Waals surface area contributed by atoms with Gasteiger partial charge in [0.15, 0.2) is 0 Å². The molecule has 8 heteroatoms. The van der Waals surface area contributed by atoms with E-state index in [1.165, 1.54) is 0 Å². The first kappa shape index (κ1) is 19.1. The van der Waals surface area contributed by atoms with Crippen LogP contribution in [0.3, 0.4) is 0 Å². The number of aliphatic hydroxyl groups is 1. The first-order valence-corrected chi connectivity index (χ1v) is 8.83. The van der Waals surface area contributed by atoms with E-state index in [-0.39, 0.29) is 30.0 Å². The molecule has 1 spiro atoms. The second kappa shape index (κ2) is 7.10. The fourth-order valence-electron chi connectivity index (χ4n) is 3.28. The summed E-state index contributed by atoms with van der Waals surface area (Å²) in [7, 11) is -3.20. The minimum Gasteiger partial charge on any atom is -0.392 e. The number of nitrogens with two attached hydrogens (primary N) is 1. The van der Waals surface area contributed by atoms with E-state index >= 15 is 0 Å². The molecule has 1 heterocycles. The molecule has 0 amide bonds. The third kappa shape index (κ3) is 3.38. The Hall–Kier alpha value is 0.0800. The first-order chi connectivity index (χ1) is 9.34. The van der Waals surface area contributed by atoms with Crippen molar-refractivity contribution in [2.75, 3.05) is 26.2 Å². The predicted octanol–water partition coefficient (Wildman–Crippen LogP) is 0.337. The summed E-state index contributed by atoms with van der Waals surface area (Å²) >= 11 is 0. The van der Waals surface area contributed by atoms with Crippen molar-refractivity contribution in [3.63, 3.8) is 0 Å². The van der Waals surface area contributed by atoms with Gasteiger partial charge in [-0.15, -0.1) is 12.4 Å². The molecule has 3 N–H and O–H groups in total. The van der Waals surface area contributed by atoms with Crippen molar-refractivity contribution in [1.82, 2.24) is 4.31 Å². The third-order valence-electron chi connectivity index (χ3n) is 4.79. The van der Waals surface area contributed by atoms with Crippen LogP contribution in [0.4, 0.5) is 0 Å². The molecule has 0 aromatic rings. The van der Waals surface area contributed by atoms with Crippen molar-refractivity contribution in [3.8, 4) is 0 Å². The van der Waals surface area contributed by atoms with Crippen LogP contribution in [0.15, 0.2) is 0 Å². The Bertz CT molecular complexity index is 435. The van der Waals surface area contributed by atoms with Crippen molar-refractivity contribution < 1.29 is 18.3 Å². The van der Waals surface area contributed by atoms with Gasteiger partial charge in [0.25, 0.3) is 0 Å². The van der Waals surface area contributed by atoms with Crippen molar-refractivity contribution >= 4 is 22.4 Å². The maximum Gasteiger partial charge on any atom is 0.216 e. The number of halogens is 1. The number of aliphatic hydroxyl groups excluding tert-OH is 1. The lowest BCUT2D eigenvalue weighted by molar-refractivity contribution is -0.206. The van der Waals surface area contributed by atoms with Crippen LogP contribution < -0.4 is 5.73 Å². The molecule has 126 valence electrons. The SMILES string of the molecule is CC(C)S(=O)(=O)N1CCC2(CC1)[C@H](O)C[C@@H]2OCCN.Cl. The van der Waals surface area contributed by atoms with Crippen LogP contribution in [0.5, 0.6) is 0 Å². The minimum absolute atomic E-state index is 0. The smallest absolute Gasteiger partial charge is 0.216 e. The summed E-state index contributed by atoms with van der Waals surface area (Å²) in [4.78, 5) is 0. The highest BCUT2D eigenvalue weighted by molar-refractivity contribution is 7.89. The summed E-state index contributed by atoms with van der Waals surface area (Å²) in [6.07, 6.45) is 1.60. The van der Waals surface area contributed by atoms with Gasteiger partial charge in [0.05, 0.1) is 24.1 Å². The Labute approximate surface area is 133 Å². The molecule has 2 fully saturated rings. The average Bonchev–Trinajstić information content (AvgIpc) is 2.43. The monoisotopic (exact) mass is 342 g/mol. The van der Waals surface area contributed by atoms with E-state index < -0.39 is 15.3 Å². The molecule has 2 atom stereocenters. The molecule has 0 aromatic heterocycles. The molecule has 1 aliphatic heterocycles. The zero-order valence-corrected chi connectivity index (χ0v) is 14.3. The lowest BCUT2D eigenvalue weighted by Gasteiger charge is -2.56. The number of rotatable bonds is 5. The van der Waals surface area contributed by atoms with E-state index in [1.54, 1.807) is 18.2 Å². The third-order valence-corrected chi connectivity index (χ3v) is 7.06. The fourth-order valence-corrected chi connectivity index (χ4v) is 4.57. The van der Waals surface area contributed by atoms with E-state index in [4.69, 9.17) is 10.5 Å². The van der Waals surface area contributed by atoms with E-state index in [2.05, 4.69) is 0 Å². The van der Waals surface area contributed by atoms with Crippen LogP contribution in [0.2, 0.25) is 0 Å². The number of piperidine rings is 1. The van der Waals surface area contributed by atoms with Gasteiger partial charge in [0.2, 0.25) is 10.0 Å². The van der Waals surface area contributed by atoms with Gasteiger partial charge in [0.1, 0.15) is 0 Å². The summed E-state index contributed by atoms with van der Waals surface area (Å²) < 4.78 is 31.6. The van der Waals surface area contributed by atoms with Gasteiger partial charge in [-0.05, 0) is 26.7 Å². The van der Waals surface area contributed by atoms with Gasteiger partial charge >= 0.3 is 0 Å². The van der Waals surface area contributed by atoms with E-state index in [1.807, 2.05) is 0 Å². The summed E-state index contributed by atoms with van der Waals surface area (Å²) in [5, 5.41) is 9.72. The molecule has 2 aliphatic rings. The molecule has 1 saturated heterocycles. The Morgan fingerprint density at radius 3 is 2.38 bits per heavy atom. The topological polar surface area (TPSA) is 92.9 Å².